The number of nitrogens with zero attached hydrogens (tertiary/aromatic N) is 2. The molecule has 2 aromatic rings. The van der Waals surface area contributed by atoms with Gasteiger partial charge in [0.15, 0.2) is 0 Å². The molecule has 6 nitrogen and oxygen atoms in total. The molecule has 2 amide bonds. The first kappa shape index (κ1) is 23.6. The van der Waals surface area contributed by atoms with Gasteiger partial charge in [-0.1, -0.05) is 18.2 Å². The fourth-order valence-corrected chi connectivity index (χ4v) is 3.46. The summed E-state index contributed by atoms with van der Waals surface area (Å²) in [6.45, 7) is 1.48. The van der Waals surface area contributed by atoms with Crippen LogP contribution >= 0.6 is 0 Å². The molecular weight excluding hydrogens is 423 g/mol. The summed E-state index contributed by atoms with van der Waals surface area (Å²) in [4.78, 5) is 28.4. The van der Waals surface area contributed by atoms with Crippen LogP contribution in [0.5, 0.6) is 5.75 Å². The molecule has 0 aliphatic carbocycles. The molecule has 1 heterocycles. The van der Waals surface area contributed by atoms with Gasteiger partial charge in [-0.25, -0.2) is 4.39 Å². The van der Waals surface area contributed by atoms with Crippen LogP contribution in [0.3, 0.4) is 0 Å². The summed E-state index contributed by atoms with van der Waals surface area (Å²) < 4.78 is 42.4. The summed E-state index contributed by atoms with van der Waals surface area (Å²) in [7, 11) is 0. The molecule has 0 atom stereocenters. The monoisotopic (exact) mass is 449 g/mol. The van der Waals surface area contributed by atoms with Gasteiger partial charge in [-0.05, 0) is 48.7 Å². The number of nitrogens with one attached hydrogen (secondary N) is 1. The van der Waals surface area contributed by atoms with E-state index in [-0.39, 0.29) is 24.1 Å². The zero-order valence-corrected chi connectivity index (χ0v) is 17.8. The predicted molar refractivity (Wildman–Crippen MR) is 113 cm³/mol. The van der Waals surface area contributed by atoms with Crippen LogP contribution in [0.2, 0.25) is 0 Å². The Kier molecular flexibility index (Phi) is 8.10. The van der Waals surface area contributed by atoms with E-state index in [0.29, 0.717) is 50.3 Å². The van der Waals surface area contributed by atoms with Crippen LogP contribution in [0, 0.1) is 12.7 Å². The smallest absolute Gasteiger partial charge is 0.387 e. The van der Waals surface area contributed by atoms with E-state index in [2.05, 4.69) is 10.1 Å². The highest BCUT2D eigenvalue weighted by Gasteiger charge is 2.23. The lowest BCUT2D eigenvalue weighted by molar-refractivity contribution is -0.122. The minimum absolute atomic E-state index is 0.0953. The molecule has 0 spiro atoms. The maximum atomic E-state index is 13.7. The lowest BCUT2D eigenvalue weighted by atomic mass is 10.1. The molecule has 0 aromatic heterocycles. The Hall–Kier alpha value is -3.07. The minimum atomic E-state index is -2.86. The van der Waals surface area contributed by atoms with Gasteiger partial charge in [-0.15, -0.1) is 0 Å². The third-order valence-corrected chi connectivity index (χ3v) is 5.33. The maximum Gasteiger partial charge on any atom is 0.387 e. The number of rotatable bonds is 8. The number of alkyl halides is 2. The second-order valence-electron chi connectivity index (χ2n) is 7.65. The van der Waals surface area contributed by atoms with Gasteiger partial charge < -0.3 is 15.0 Å². The van der Waals surface area contributed by atoms with Gasteiger partial charge in [0.1, 0.15) is 11.6 Å². The molecule has 1 N–H and O–H groups in total. The number of benzene rings is 2. The van der Waals surface area contributed by atoms with Crippen LogP contribution in [-0.2, 0) is 11.2 Å². The number of aryl methyl sites for hydroxylation is 1. The lowest BCUT2D eigenvalue weighted by Crippen LogP contribution is -2.51. The normalized spacial score (nSPS) is 14.5. The van der Waals surface area contributed by atoms with E-state index in [1.54, 1.807) is 36.1 Å². The van der Waals surface area contributed by atoms with Crippen molar-refractivity contribution in [2.24, 2.45) is 0 Å². The second kappa shape index (κ2) is 11.0. The fourth-order valence-electron chi connectivity index (χ4n) is 3.46. The molecule has 32 heavy (non-hydrogen) atoms. The number of hydrogen-bond donors (Lipinski definition) is 1. The van der Waals surface area contributed by atoms with Crippen molar-refractivity contribution in [3.63, 3.8) is 0 Å². The van der Waals surface area contributed by atoms with Crippen LogP contribution in [-0.4, -0.2) is 67.5 Å². The molecule has 1 fully saturated rings. The molecule has 172 valence electrons. The van der Waals surface area contributed by atoms with Crippen LogP contribution in [0.15, 0.2) is 42.5 Å². The molecule has 1 aliphatic heterocycles. The lowest BCUT2D eigenvalue weighted by Gasteiger charge is -2.34. The number of halogens is 3. The highest BCUT2D eigenvalue weighted by atomic mass is 19.3. The average molecular weight is 449 g/mol. The van der Waals surface area contributed by atoms with Crippen molar-refractivity contribution < 1.29 is 27.5 Å². The predicted octanol–water partition coefficient (Wildman–Crippen LogP) is 2.85. The summed E-state index contributed by atoms with van der Waals surface area (Å²) in [5.74, 6) is -0.637. The minimum Gasteiger partial charge on any atom is -0.435 e. The second-order valence-corrected chi connectivity index (χ2v) is 7.65. The molecule has 2 aromatic carbocycles. The van der Waals surface area contributed by atoms with Crippen LogP contribution < -0.4 is 10.1 Å². The van der Waals surface area contributed by atoms with Gasteiger partial charge in [0.2, 0.25) is 5.91 Å². The third kappa shape index (κ3) is 6.71. The molecule has 0 bridgehead atoms. The summed E-state index contributed by atoms with van der Waals surface area (Å²) in [5, 5.41) is 2.84. The summed E-state index contributed by atoms with van der Waals surface area (Å²) in [6.07, 6.45) is 0.566. The van der Waals surface area contributed by atoms with Gasteiger partial charge >= 0.3 is 6.61 Å². The molecule has 0 unspecified atom stereocenters. The first-order valence-electron chi connectivity index (χ1n) is 10.4. The van der Waals surface area contributed by atoms with E-state index in [1.165, 1.54) is 18.2 Å². The molecular formula is C23H26F3N3O3. The van der Waals surface area contributed by atoms with Crippen molar-refractivity contribution in [3.05, 3.63) is 65.0 Å². The maximum absolute atomic E-state index is 13.7. The zero-order valence-electron chi connectivity index (χ0n) is 17.8. The van der Waals surface area contributed by atoms with Gasteiger partial charge in [-0.3, -0.25) is 14.5 Å². The van der Waals surface area contributed by atoms with Gasteiger partial charge in [0.05, 0.1) is 6.54 Å². The number of hydrogen-bond acceptors (Lipinski definition) is 4. The topological polar surface area (TPSA) is 61.9 Å². The molecule has 1 saturated heterocycles. The van der Waals surface area contributed by atoms with Gasteiger partial charge in [0, 0.05) is 38.3 Å². The molecule has 1 aliphatic rings. The van der Waals surface area contributed by atoms with Crippen LogP contribution in [0.1, 0.15) is 21.5 Å². The average Bonchev–Trinajstić information content (AvgIpc) is 2.76. The van der Waals surface area contributed by atoms with Crippen molar-refractivity contribution in [1.29, 1.82) is 0 Å². The van der Waals surface area contributed by atoms with E-state index in [1.807, 2.05) is 4.90 Å². The number of ether oxygens (including phenoxy) is 1. The van der Waals surface area contributed by atoms with E-state index in [9.17, 15) is 22.8 Å². The van der Waals surface area contributed by atoms with Crippen molar-refractivity contribution in [3.8, 4) is 5.75 Å². The Labute approximate surface area is 184 Å². The third-order valence-electron chi connectivity index (χ3n) is 5.33. The van der Waals surface area contributed by atoms with Crippen molar-refractivity contribution in [1.82, 2.24) is 15.1 Å². The summed E-state index contributed by atoms with van der Waals surface area (Å²) in [6, 6.07) is 10.8. The van der Waals surface area contributed by atoms with Gasteiger partial charge in [-0.2, -0.15) is 8.78 Å². The number of amides is 2. The molecule has 0 saturated carbocycles. The quantitative estimate of drug-likeness (QED) is 0.673. The Bertz CT molecular complexity index is 930. The highest BCUT2D eigenvalue weighted by Crippen LogP contribution is 2.15. The first-order chi connectivity index (χ1) is 15.3. The molecule has 3 rings (SSSR count). The van der Waals surface area contributed by atoms with E-state index in [4.69, 9.17) is 0 Å². The fraction of sp³-hybridized carbons (Fsp3) is 0.391. The largest absolute Gasteiger partial charge is 0.435 e. The Morgan fingerprint density at radius 1 is 1.06 bits per heavy atom. The van der Waals surface area contributed by atoms with E-state index in [0.717, 1.165) is 5.56 Å². The Balaban J connectivity index is 1.37. The first-order valence-corrected chi connectivity index (χ1v) is 10.4. The number of carbonyl (C=O) groups is 2. The Morgan fingerprint density at radius 2 is 1.75 bits per heavy atom. The van der Waals surface area contributed by atoms with E-state index < -0.39 is 12.4 Å². The van der Waals surface area contributed by atoms with Crippen LogP contribution in [0.4, 0.5) is 13.2 Å². The SMILES string of the molecule is Cc1ccc(C(=O)N2CCN(CC(=O)NCCc3ccc(OC(F)F)cc3)CC2)cc1F. The number of carbonyl (C=O) groups excluding carboxylic acids is 2. The van der Waals surface area contributed by atoms with E-state index >= 15 is 0 Å². The Morgan fingerprint density at radius 3 is 2.38 bits per heavy atom. The van der Waals surface area contributed by atoms with Crippen molar-refractivity contribution in [2.45, 2.75) is 20.0 Å². The summed E-state index contributed by atoms with van der Waals surface area (Å²) >= 11 is 0. The van der Waals surface area contributed by atoms with Gasteiger partial charge in [0.25, 0.3) is 5.91 Å². The van der Waals surface area contributed by atoms with Crippen molar-refractivity contribution in [2.75, 3.05) is 39.3 Å². The standard InChI is InChI=1S/C23H26F3N3O3/c1-16-2-5-18(14-20(16)24)22(31)29-12-10-28(11-13-29)15-21(30)27-9-8-17-3-6-19(7-4-17)32-23(25)26/h2-7,14,23H,8-13,15H2,1H3,(H,27,30). The highest BCUT2D eigenvalue weighted by molar-refractivity contribution is 5.94. The summed E-state index contributed by atoms with van der Waals surface area (Å²) in [5.41, 5.74) is 1.72. The molecule has 0 radical (unpaired) electrons. The van der Waals surface area contributed by atoms with Crippen molar-refractivity contribution >= 4 is 11.8 Å². The van der Waals surface area contributed by atoms with Crippen LogP contribution in [0.25, 0.3) is 0 Å². The zero-order chi connectivity index (χ0) is 23.1. The number of piperazine rings is 1. The molecule has 9 heteroatoms.